The highest BCUT2D eigenvalue weighted by Crippen LogP contribution is 2.15. The van der Waals surface area contributed by atoms with E-state index in [2.05, 4.69) is 31.3 Å². The van der Waals surface area contributed by atoms with Crippen molar-refractivity contribution >= 4 is 16.0 Å². The van der Waals surface area contributed by atoms with Crippen LogP contribution in [0.1, 0.15) is 206 Å². The Labute approximate surface area is 280 Å². The standard InChI is InChI=1S/C38H75NO5S/c1-3-5-7-9-11-13-15-16-17-18-19-20-21-22-24-26-28-30-32-34-38(41)39-36(35-45(42,43)44)37(40)33-31-29-27-25-23-14-12-10-8-6-4-2/h16-17,36-37,40H,3-15,18-35H2,1-2H3,(H,39,41)(H,42,43,44)/b17-16-. The van der Waals surface area contributed by atoms with Crippen LogP contribution in [-0.4, -0.2) is 41.9 Å². The Morgan fingerprint density at radius 3 is 1.33 bits per heavy atom. The van der Waals surface area contributed by atoms with Crippen LogP contribution in [0.25, 0.3) is 0 Å². The third-order valence-electron chi connectivity index (χ3n) is 8.97. The third-order valence-corrected chi connectivity index (χ3v) is 9.75. The lowest BCUT2D eigenvalue weighted by Crippen LogP contribution is -2.47. The van der Waals surface area contributed by atoms with Crippen LogP contribution < -0.4 is 5.32 Å². The van der Waals surface area contributed by atoms with Crippen molar-refractivity contribution in [3.63, 3.8) is 0 Å². The minimum atomic E-state index is -4.30. The SMILES string of the molecule is CCCCCCCC/C=C\CCCCCCCCCCCC(=O)NC(CS(=O)(=O)O)C(O)CCCCCCCCCCCCC. The van der Waals surface area contributed by atoms with Crippen molar-refractivity contribution in [2.45, 2.75) is 219 Å². The predicted molar refractivity (Wildman–Crippen MR) is 193 cm³/mol. The van der Waals surface area contributed by atoms with Gasteiger partial charge in [0.2, 0.25) is 5.91 Å². The average Bonchev–Trinajstić information content (AvgIpc) is 3.00. The molecule has 0 saturated heterocycles. The molecule has 0 radical (unpaired) electrons. The molecule has 0 saturated carbocycles. The third kappa shape index (κ3) is 34.2. The van der Waals surface area contributed by atoms with Crippen molar-refractivity contribution in [3.8, 4) is 0 Å². The van der Waals surface area contributed by atoms with Gasteiger partial charge in [-0.2, -0.15) is 8.42 Å². The second kappa shape index (κ2) is 33.0. The number of hydrogen-bond acceptors (Lipinski definition) is 4. The van der Waals surface area contributed by atoms with Crippen LogP contribution in [0.4, 0.5) is 0 Å². The number of carbonyl (C=O) groups excluding carboxylic acids is 1. The summed E-state index contributed by atoms with van der Waals surface area (Å²) in [5, 5.41) is 13.3. The lowest BCUT2D eigenvalue weighted by Gasteiger charge is -2.23. The summed E-state index contributed by atoms with van der Waals surface area (Å²) in [7, 11) is -4.30. The summed E-state index contributed by atoms with van der Waals surface area (Å²) >= 11 is 0. The minimum absolute atomic E-state index is 0.248. The summed E-state index contributed by atoms with van der Waals surface area (Å²) in [5.74, 6) is -0.893. The van der Waals surface area contributed by atoms with E-state index in [0.717, 1.165) is 38.5 Å². The molecular formula is C38H75NO5S. The fraction of sp³-hybridized carbons (Fsp3) is 0.921. The van der Waals surface area contributed by atoms with E-state index in [1.807, 2.05) is 0 Å². The van der Waals surface area contributed by atoms with Gasteiger partial charge in [0.1, 0.15) is 0 Å². The smallest absolute Gasteiger partial charge is 0.266 e. The van der Waals surface area contributed by atoms with Gasteiger partial charge in [-0.05, 0) is 38.5 Å². The zero-order valence-electron chi connectivity index (χ0n) is 29.8. The van der Waals surface area contributed by atoms with E-state index in [0.29, 0.717) is 12.8 Å². The van der Waals surface area contributed by atoms with Gasteiger partial charge in [-0.1, -0.05) is 174 Å². The summed E-state index contributed by atoms with van der Waals surface area (Å²) in [4.78, 5) is 12.5. The average molecular weight is 658 g/mol. The molecule has 0 aromatic heterocycles. The molecule has 7 heteroatoms. The highest BCUT2D eigenvalue weighted by Gasteiger charge is 2.26. The number of hydrogen-bond donors (Lipinski definition) is 3. The Balaban J connectivity index is 3.84. The molecule has 0 fully saturated rings. The first kappa shape index (κ1) is 44.1. The minimum Gasteiger partial charge on any atom is -0.391 e. The van der Waals surface area contributed by atoms with E-state index >= 15 is 0 Å². The number of aliphatic hydroxyl groups is 1. The van der Waals surface area contributed by atoms with Crippen LogP contribution in [0, 0.1) is 0 Å². The maximum atomic E-state index is 12.5. The van der Waals surface area contributed by atoms with Crippen LogP contribution in [-0.2, 0) is 14.9 Å². The summed E-state index contributed by atoms with van der Waals surface area (Å²) in [6.07, 6.45) is 38.7. The van der Waals surface area contributed by atoms with Crippen LogP contribution in [0.2, 0.25) is 0 Å². The van der Waals surface area contributed by atoms with Crippen LogP contribution >= 0.6 is 0 Å². The number of carbonyl (C=O) groups is 1. The van der Waals surface area contributed by atoms with Gasteiger partial charge in [-0.25, -0.2) is 0 Å². The molecule has 2 atom stereocenters. The van der Waals surface area contributed by atoms with E-state index in [1.165, 1.54) is 141 Å². The van der Waals surface area contributed by atoms with Crippen LogP contribution in [0.5, 0.6) is 0 Å². The quantitative estimate of drug-likeness (QED) is 0.0357. The highest BCUT2D eigenvalue weighted by atomic mass is 32.2. The fourth-order valence-corrected chi connectivity index (χ4v) is 6.80. The van der Waals surface area contributed by atoms with Crippen molar-refractivity contribution in [1.29, 1.82) is 0 Å². The first-order valence-corrected chi connectivity index (χ1v) is 21.0. The lowest BCUT2D eigenvalue weighted by atomic mass is 10.0. The van der Waals surface area contributed by atoms with E-state index in [9.17, 15) is 22.9 Å². The molecule has 0 aliphatic carbocycles. The number of allylic oxidation sites excluding steroid dienone is 2. The first-order valence-electron chi connectivity index (χ1n) is 19.4. The second-order valence-corrected chi connectivity index (χ2v) is 15.1. The van der Waals surface area contributed by atoms with E-state index in [1.54, 1.807) is 0 Å². The Morgan fingerprint density at radius 2 is 0.933 bits per heavy atom. The molecule has 0 aromatic carbocycles. The number of amides is 1. The number of rotatable bonds is 35. The Kier molecular flexibility index (Phi) is 32.3. The topological polar surface area (TPSA) is 104 Å². The predicted octanol–water partition coefficient (Wildman–Crippen LogP) is 11.0. The van der Waals surface area contributed by atoms with Crippen molar-refractivity contribution in [3.05, 3.63) is 12.2 Å². The molecule has 0 aliphatic rings. The van der Waals surface area contributed by atoms with Gasteiger partial charge in [0.15, 0.2) is 0 Å². The molecule has 0 aliphatic heterocycles. The monoisotopic (exact) mass is 658 g/mol. The molecule has 0 bridgehead atoms. The van der Waals surface area contributed by atoms with Gasteiger partial charge >= 0.3 is 0 Å². The largest absolute Gasteiger partial charge is 0.391 e. The highest BCUT2D eigenvalue weighted by molar-refractivity contribution is 7.85. The Bertz CT molecular complexity index is 770. The van der Waals surface area contributed by atoms with Crippen molar-refractivity contribution < 1.29 is 22.9 Å². The van der Waals surface area contributed by atoms with Gasteiger partial charge in [0, 0.05) is 6.42 Å². The lowest BCUT2D eigenvalue weighted by molar-refractivity contribution is -0.122. The molecule has 0 spiro atoms. The zero-order chi connectivity index (χ0) is 33.3. The Morgan fingerprint density at radius 1 is 0.578 bits per heavy atom. The van der Waals surface area contributed by atoms with Gasteiger partial charge in [0.25, 0.3) is 10.1 Å². The number of unbranched alkanes of at least 4 members (excludes halogenated alkanes) is 25. The second-order valence-electron chi connectivity index (χ2n) is 13.6. The maximum absolute atomic E-state index is 12.5. The van der Waals surface area contributed by atoms with Crippen LogP contribution in [0.15, 0.2) is 12.2 Å². The molecule has 45 heavy (non-hydrogen) atoms. The van der Waals surface area contributed by atoms with Gasteiger partial charge in [0.05, 0.1) is 17.9 Å². The molecule has 0 heterocycles. The first-order chi connectivity index (χ1) is 21.8. The molecule has 6 nitrogen and oxygen atoms in total. The molecule has 0 rings (SSSR count). The number of aliphatic hydroxyl groups excluding tert-OH is 1. The molecule has 2 unspecified atom stereocenters. The zero-order valence-corrected chi connectivity index (χ0v) is 30.6. The van der Waals surface area contributed by atoms with Crippen molar-refractivity contribution in [2.24, 2.45) is 0 Å². The molecular weight excluding hydrogens is 582 g/mol. The van der Waals surface area contributed by atoms with Crippen molar-refractivity contribution in [1.82, 2.24) is 5.32 Å². The summed E-state index contributed by atoms with van der Waals surface area (Å²) in [6, 6.07) is -0.966. The molecule has 3 N–H and O–H groups in total. The molecule has 268 valence electrons. The maximum Gasteiger partial charge on any atom is 0.266 e. The van der Waals surface area contributed by atoms with Gasteiger partial charge < -0.3 is 10.4 Å². The molecule has 0 aromatic rings. The van der Waals surface area contributed by atoms with Crippen molar-refractivity contribution in [2.75, 3.05) is 5.75 Å². The van der Waals surface area contributed by atoms with Gasteiger partial charge in [-0.3, -0.25) is 9.35 Å². The Hall–Kier alpha value is -0.920. The van der Waals surface area contributed by atoms with E-state index < -0.39 is 28.0 Å². The summed E-state index contributed by atoms with van der Waals surface area (Å²) < 4.78 is 32.4. The van der Waals surface area contributed by atoms with Crippen LogP contribution in [0.3, 0.4) is 0 Å². The van der Waals surface area contributed by atoms with Gasteiger partial charge in [-0.15, -0.1) is 0 Å². The summed E-state index contributed by atoms with van der Waals surface area (Å²) in [5.41, 5.74) is 0. The summed E-state index contributed by atoms with van der Waals surface area (Å²) in [6.45, 7) is 4.50. The van der Waals surface area contributed by atoms with E-state index in [-0.39, 0.29) is 5.91 Å². The number of nitrogens with one attached hydrogen (secondary N) is 1. The van der Waals surface area contributed by atoms with E-state index in [4.69, 9.17) is 0 Å². The molecule has 1 amide bonds. The normalized spacial score (nSPS) is 13.4. The fourth-order valence-electron chi connectivity index (χ4n) is 6.04.